The Labute approximate surface area is 113 Å². The zero-order valence-corrected chi connectivity index (χ0v) is 10.3. The lowest BCUT2D eigenvalue weighted by Gasteiger charge is -2.08. The van der Waals surface area contributed by atoms with Crippen LogP contribution in [0.15, 0.2) is 36.4 Å². The summed E-state index contributed by atoms with van der Waals surface area (Å²) < 4.78 is 26.0. The van der Waals surface area contributed by atoms with Gasteiger partial charge in [0.25, 0.3) is 5.91 Å². The monoisotopic (exact) mass is 282 g/mol. The molecule has 1 amide bonds. The SMILES string of the molecule is Nc1cc(Cl)ccc1C(=O)Nc1cc(F)cc(F)c1. The quantitative estimate of drug-likeness (QED) is 0.829. The molecule has 2 rings (SSSR count). The second kappa shape index (κ2) is 5.24. The number of nitrogens with one attached hydrogen (secondary N) is 1. The van der Waals surface area contributed by atoms with Gasteiger partial charge in [-0.15, -0.1) is 0 Å². The van der Waals surface area contributed by atoms with E-state index >= 15 is 0 Å². The molecular weight excluding hydrogens is 274 g/mol. The third-order valence-electron chi connectivity index (χ3n) is 2.38. The van der Waals surface area contributed by atoms with Gasteiger partial charge in [-0.1, -0.05) is 11.6 Å². The summed E-state index contributed by atoms with van der Waals surface area (Å²) in [6, 6.07) is 7.08. The van der Waals surface area contributed by atoms with Crippen molar-refractivity contribution < 1.29 is 13.6 Å². The fourth-order valence-electron chi connectivity index (χ4n) is 1.56. The molecule has 6 heteroatoms. The van der Waals surface area contributed by atoms with Crippen LogP contribution in [0.25, 0.3) is 0 Å². The Kier molecular flexibility index (Phi) is 3.66. The number of nitrogen functional groups attached to an aromatic ring is 1. The normalized spacial score (nSPS) is 10.3. The van der Waals surface area contributed by atoms with Crippen LogP contribution in [0.2, 0.25) is 5.02 Å². The lowest BCUT2D eigenvalue weighted by Crippen LogP contribution is -2.14. The third-order valence-corrected chi connectivity index (χ3v) is 2.61. The van der Waals surface area contributed by atoms with E-state index in [1.54, 1.807) is 0 Å². The van der Waals surface area contributed by atoms with Gasteiger partial charge >= 0.3 is 0 Å². The molecule has 0 heterocycles. The predicted octanol–water partition coefficient (Wildman–Crippen LogP) is 3.45. The number of anilines is 2. The van der Waals surface area contributed by atoms with E-state index in [0.717, 1.165) is 12.1 Å². The van der Waals surface area contributed by atoms with E-state index < -0.39 is 17.5 Å². The second-order valence-corrected chi connectivity index (χ2v) is 4.28. The van der Waals surface area contributed by atoms with Crippen LogP contribution in [0.1, 0.15) is 10.4 Å². The fraction of sp³-hybridized carbons (Fsp3) is 0. The highest BCUT2D eigenvalue weighted by molar-refractivity contribution is 6.31. The van der Waals surface area contributed by atoms with E-state index in [1.165, 1.54) is 18.2 Å². The highest BCUT2D eigenvalue weighted by Crippen LogP contribution is 2.20. The summed E-state index contributed by atoms with van der Waals surface area (Å²) in [4.78, 5) is 11.9. The number of amides is 1. The highest BCUT2D eigenvalue weighted by atomic mass is 35.5. The number of benzene rings is 2. The molecule has 0 atom stereocenters. The Bertz CT molecular complexity index is 626. The van der Waals surface area contributed by atoms with E-state index in [-0.39, 0.29) is 16.9 Å². The molecule has 0 aliphatic heterocycles. The number of halogens is 3. The summed E-state index contributed by atoms with van der Waals surface area (Å²) in [6.07, 6.45) is 0. The van der Waals surface area contributed by atoms with Gasteiger partial charge in [-0.25, -0.2) is 8.78 Å². The van der Waals surface area contributed by atoms with Crippen LogP contribution < -0.4 is 11.1 Å². The molecule has 19 heavy (non-hydrogen) atoms. The van der Waals surface area contributed by atoms with Crippen molar-refractivity contribution in [2.24, 2.45) is 0 Å². The Balaban J connectivity index is 2.25. The summed E-state index contributed by atoms with van der Waals surface area (Å²) in [5, 5.41) is 2.75. The van der Waals surface area contributed by atoms with Crippen molar-refractivity contribution in [1.29, 1.82) is 0 Å². The smallest absolute Gasteiger partial charge is 0.257 e. The number of hydrogen-bond donors (Lipinski definition) is 2. The number of hydrogen-bond acceptors (Lipinski definition) is 2. The number of rotatable bonds is 2. The average molecular weight is 283 g/mol. The second-order valence-electron chi connectivity index (χ2n) is 3.84. The molecule has 0 aliphatic rings. The molecule has 0 unspecified atom stereocenters. The van der Waals surface area contributed by atoms with Crippen molar-refractivity contribution >= 4 is 28.9 Å². The van der Waals surface area contributed by atoms with Crippen LogP contribution in [-0.4, -0.2) is 5.91 Å². The molecule has 2 aromatic carbocycles. The molecule has 0 radical (unpaired) electrons. The molecule has 0 saturated carbocycles. The van der Waals surface area contributed by atoms with Gasteiger partial charge in [0.15, 0.2) is 0 Å². The van der Waals surface area contributed by atoms with Crippen LogP contribution in [-0.2, 0) is 0 Å². The van der Waals surface area contributed by atoms with E-state index in [1.807, 2.05) is 0 Å². The maximum Gasteiger partial charge on any atom is 0.257 e. The zero-order chi connectivity index (χ0) is 14.0. The van der Waals surface area contributed by atoms with Crippen molar-refractivity contribution in [3.63, 3.8) is 0 Å². The van der Waals surface area contributed by atoms with Crippen molar-refractivity contribution in [2.75, 3.05) is 11.1 Å². The first-order chi connectivity index (χ1) is 8.95. The third kappa shape index (κ3) is 3.20. The van der Waals surface area contributed by atoms with Crippen LogP contribution in [0.5, 0.6) is 0 Å². The minimum atomic E-state index is -0.778. The first-order valence-electron chi connectivity index (χ1n) is 5.28. The van der Waals surface area contributed by atoms with E-state index in [2.05, 4.69) is 5.32 Å². The first kappa shape index (κ1) is 13.3. The van der Waals surface area contributed by atoms with Gasteiger partial charge in [-0.2, -0.15) is 0 Å². The van der Waals surface area contributed by atoms with Gasteiger partial charge in [-0.05, 0) is 30.3 Å². The van der Waals surface area contributed by atoms with E-state index in [0.29, 0.717) is 11.1 Å². The summed E-state index contributed by atoms with van der Waals surface area (Å²) in [7, 11) is 0. The highest BCUT2D eigenvalue weighted by Gasteiger charge is 2.11. The van der Waals surface area contributed by atoms with E-state index in [4.69, 9.17) is 17.3 Å². The summed E-state index contributed by atoms with van der Waals surface area (Å²) in [5.74, 6) is -2.13. The molecule has 0 saturated heterocycles. The molecule has 3 nitrogen and oxygen atoms in total. The first-order valence-corrected chi connectivity index (χ1v) is 5.66. The Morgan fingerprint density at radius 1 is 1.11 bits per heavy atom. The van der Waals surface area contributed by atoms with Crippen LogP contribution in [0.4, 0.5) is 20.2 Å². The van der Waals surface area contributed by atoms with Crippen LogP contribution in [0, 0.1) is 11.6 Å². The molecule has 98 valence electrons. The van der Waals surface area contributed by atoms with Crippen LogP contribution >= 0.6 is 11.6 Å². The van der Waals surface area contributed by atoms with Gasteiger partial charge in [0.1, 0.15) is 11.6 Å². The lowest BCUT2D eigenvalue weighted by molar-refractivity contribution is 0.102. The molecule has 0 spiro atoms. The minimum Gasteiger partial charge on any atom is -0.398 e. The molecule has 0 aliphatic carbocycles. The Morgan fingerprint density at radius 3 is 2.32 bits per heavy atom. The van der Waals surface area contributed by atoms with Gasteiger partial charge < -0.3 is 11.1 Å². The van der Waals surface area contributed by atoms with Gasteiger partial charge in [0.2, 0.25) is 0 Å². The van der Waals surface area contributed by atoms with Crippen molar-refractivity contribution in [1.82, 2.24) is 0 Å². The molecule has 0 bridgehead atoms. The fourth-order valence-corrected chi connectivity index (χ4v) is 1.75. The Hall–Kier alpha value is -2.14. The lowest BCUT2D eigenvalue weighted by atomic mass is 10.1. The molecule has 0 aromatic heterocycles. The maximum absolute atomic E-state index is 13.0. The largest absolute Gasteiger partial charge is 0.398 e. The number of carbonyl (C=O) groups excluding carboxylic acids is 1. The topological polar surface area (TPSA) is 55.1 Å². The minimum absolute atomic E-state index is 0.0110. The predicted molar refractivity (Wildman–Crippen MR) is 70.2 cm³/mol. The zero-order valence-electron chi connectivity index (χ0n) is 9.58. The van der Waals surface area contributed by atoms with Crippen molar-refractivity contribution in [3.8, 4) is 0 Å². The maximum atomic E-state index is 13.0. The van der Waals surface area contributed by atoms with E-state index in [9.17, 15) is 13.6 Å². The number of nitrogens with two attached hydrogens (primary N) is 1. The van der Waals surface area contributed by atoms with Gasteiger partial charge in [0, 0.05) is 22.5 Å². The van der Waals surface area contributed by atoms with Gasteiger partial charge in [-0.3, -0.25) is 4.79 Å². The van der Waals surface area contributed by atoms with Crippen molar-refractivity contribution in [2.45, 2.75) is 0 Å². The summed E-state index contributed by atoms with van der Waals surface area (Å²) in [6.45, 7) is 0. The molecular formula is C13H9ClF2N2O. The molecule has 3 N–H and O–H groups in total. The molecule has 0 fully saturated rings. The van der Waals surface area contributed by atoms with Crippen LogP contribution in [0.3, 0.4) is 0 Å². The van der Waals surface area contributed by atoms with Gasteiger partial charge in [0.05, 0.1) is 5.56 Å². The summed E-state index contributed by atoms with van der Waals surface area (Å²) >= 11 is 5.71. The average Bonchev–Trinajstić information content (AvgIpc) is 2.26. The standard InChI is InChI=1S/C13H9ClF2N2O/c14-7-1-2-11(12(17)3-7)13(19)18-10-5-8(15)4-9(16)6-10/h1-6H,17H2,(H,18,19). The van der Waals surface area contributed by atoms with Crippen molar-refractivity contribution in [3.05, 3.63) is 58.6 Å². The molecule has 2 aromatic rings. The Morgan fingerprint density at radius 2 is 1.74 bits per heavy atom. The number of carbonyl (C=O) groups is 1. The summed E-state index contributed by atoms with van der Waals surface area (Å²) in [5.41, 5.74) is 6.01.